The Balaban J connectivity index is 1.30. The topological polar surface area (TPSA) is 35.6 Å². The van der Waals surface area contributed by atoms with Crippen LogP contribution in [0.2, 0.25) is 5.02 Å². The second-order valence-corrected chi connectivity index (χ2v) is 8.52. The fraction of sp³-hybridized carbons (Fsp3) is 0.682. The number of hydrogen-bond donors (Lipinski definition) is 1. The van der Waals surface area contributed by atoms with Crippen LogP contribution in [-0.4, -0.2) is 55.0 Å². The van der Waals surface area contributed by atoms with E-state index in [0.717, 1.165) is 57.0 Å². The van der Waals surface area contributed by atoms with Gasteiger partial charge in [0, 0.05) is 24.0 Å². The van der Waals surface area contributed by atoms with Crippen LogP contribution in [-0.2, 0) is 11.3 Å². The Morgan fingerprint density at radius 3 is 2.48 bits per heavy atom. The molecule has 0 bridgehead atoms. The number of nitrogens with one attached hydrogen (secondary N) is 1. The average molecular weight is 392 g/mol. The Labute approximate surface area is 169 Å². The molecule has 0 saturated carbocycles. The first-order chi connectivity index (χ1) is 13.2. The minimum absolute atomic E-state index is 0.179. The molecular formula is C22H34ClN3O. The van der Waals surface area contributed by atoms with Gasteiger partial charge in [0.15, 0.2) is 0 Å². The van der Waals surface area contributed by atoms with Gasteiger partial charge in [0.05, 0.1) is 0 Å². The van der Waals surface area contributed by atoms with Gasteiger partial charge in [-0.1, -0.05) is 36.6 Å². The Morgan fingerprint density at radius 1 is 1.04 bits per heavy atom. The van der Waals surface area contributed by atoms with Crippen molar-refractivity contribution in [3.63, 3.8) is 0 Å². The third-order valence-corrected chi connectivity index (χ3v) is 6.14. The zero-order valence-electron chi connectivity index (χ0n) is 16.5. The molecule has 27 heavy (non-hydrogen) atoms. The molecule has 0 radical (unpaired) electrons. The van der Waals surface area contributed by atoms with E-state index in [0.29, 0.717) is 0 Å². The van der Waals surface area contributed by atoms with Crippen LogP contribution in [0.1, 0.15) is 50.5 Å². The Kier molecular flexibility index (Phi) is 8.43. The summed E-state index contributed by atoms with van der Waals surface area (Å²) in [6.45, 7) is 7.30. The molecule has 1 amide bonds. The first-order valence-electron chi connectivity index (χ1n) is 10.7. The van der Waals surface area contributed by atoms with Crippen LogP contribution >= 0.6 is 11.6 Å². The van der Waals surface area contributed by atoms with Crippen LogP contribution in [0.5, 0.6) is 0 Å². The molecule has 0 aromatic heterocycles. The summed E-state index contributed by atoms with van der Waals surface area (Å²) in [4.78, 5) is 17.4. The zero-order chi connectivity index (χ0) is 18.9. The van der Waals surface area contributed by atoms with E-state index >= 15 is 0 Å². The maximum Gasteiger partial charge on any atom is 0.223 e. The first kappa shape index (κ1) is 20.6. The van der Waals surface area contributed by atoms with Crippen molar-refractivity contribution in [1.82, 2.24) is 15.1 Å². The van der Waals surface area contributed by atoms with Crippen LogP contribution < -0.4 is 5.32 Å². The van der Waals surface area contributed by atoms with Crippen molar-refractivity contribution in [2.24, 2.45) is 5.92 Å². The lowest BCUT2D eigenvalue weighted by atomic mass is 9.95. The number of carbonyl (C=O) groups is 1. The molecule has 0 unspecified atom stereocenters. The van der Waals surface area contributed by atoms with E-state index < -0.39 is 0 Å². The number of benzene rings is 1. The van der Waals surface area contributed by atoms with Gasteiger partial charge < -0.3 is 10.2 Å². The summed E-state index contributed by atoms with van der Waals surface area (Å²) in [5.41, 5.74) is 1.25. The standard InChI is InChI=1S/C22H34ClN3O/c23-21-8-5-7-19(17-21)18-26-15-9-20(10-16-26)22(27)24-11-6-14-25-12-3-1-2-4-13-25/h5,7-8,17,20H,1-4,6,9-16,18H2,(H,24,27). The maximum atomic E-state index is 12.5. The van der Waals surface area contributed by atoms with Crippen LogP contribution in [0.15, 0.2) is 24.3 Å². The highest BCUT2D eigenvalue weighted by molar-refractivity contribution is 6.30. The maximum absolute atomic E-state index is 12.5. The third-order valence-electron chi connectivity index (χ3n) is 5.90. The lowest BCUT2D eigenvalue weighted by Crippen LogP contribution is -2.40. The van der Waals surface area contributed by atoms with Gasteiger partial charge in [0.2, 0.25) is 5.91 Å². The van der Waals surface area contributed by atoms with Gasteiger partial charge in [-0.15, -0.1) is 0 Å². The van der Waals surface area contributed by atoms with E-state index in [9.17, 15) is 4.79 Å². The highest BCUT2D eigenvalue weighted by Gasteiger charge is 2.24. The summed E-state index contributed by atoms with van der Waals surface area (Å²) in [5.74, 6) is 0.437. The molecule has 150 valence electrons. The van der Waals surface area contributed by atoms with Crippen molar-refractivity contribution >= 4 is 17.5 Å². The van der Waals surface area contributed by atoms with Crippen LogP contribution in [0.4, 0.5) is 0 Å². The predicted molar refractivity (Wildman–Crippen MR) is 112 cm³/mol. The lowest BCUT2D eigenvalue weighted by Gasteiger charge is -2.31. The molecular weight excluding hydrogens is 358 g/mol. The third kappa shape index (κ3) is 7.10. The summed E-state index contributed by atoms with van der Waals surface area (Å²) in [5, 5.41) is 3.97. The molecule has 2 saturated heterocycles. The highest BCUT2D eigenvalue weighted by atomic mass is 35.5. The second kappa shape index (κ2) is 11.0. The number of likely N-dealkylation sites (tertiary alicyclic amines) is 2. The van der Waals surface area contributed by atoms with E-state index in [1.54, 1.807) is 0 Å². The van der Waals surface area contributed by atoms with Crippen molar-refractivity contribution in [3.05, 3.63) is 34.9 Å². The smallest absolute Gasteiger partial charge is 0.223 e. The van der Waals surface area contributed by atoms with Crippen molar-refractivity contribution in [3.8, 4) is 0 Å². The zero-order valence-corrected chi connectivity index (χ0v) is 17.2. The lowest BCUT2D eigenvalue weighted by molar-refractivity contribution is -0.126. The quantitative estimate of drug-likeness (QED) is 0.715. The molecule has 1 aromatic rings. The Morgan fingerprint density at radius 2 is 1.78 bits per heavy atom. The van der Waals surface area contributed by atoms with E-state index in [4.69, 9.17) is 11.6 Å². The van der Waals surface area contributed by atoms with Gasteiger partial charge in [0.25, 0.3) is 0 Å². The number of carbonyl (C=O) groups excluding carboxylic acids is 1. The first-order valence-corrected chi connectivity index (χ1v) is 11.1. The van der Waals surface area contributed by atoms with Crippen LogP contribution in [0, 0.1) is 5.92 Å². The van der Waals surface area contributed by atoms with E-state index in [2.05, 4.69) is 21.2 Å². The molecule has 0 atom stereocenters. The van der Waals surface area contributed by atoms with E-state index in [1.165, 1.54) is 44.3 Å². The van der Waals surface area contributed by atoms with Gasteiger partial charge in [-0.05, 0) is 82.5 Å². The molecule has 2 heterocycles. The summed E-state index contributed by atoms with van der Waals surface area (Å²) in [7, 11) is 0. The van der Waals surface area contributed by atoms with Crippen molar-refractivity contribution in [1.29, 1.82) is 0 Å². The minimum Gasteiger partial charge on any atom is -0.356 e. The molecule has 4 nitrogen and oxygen atoms in total. The predicted octanol–water partition coefficient (Wildman–Crippen LogP) is 3.93. The fourth-order valence-corrected chi connectivity index (χ4v) is 4.48. The minimum atomic E-state index is 0.179. The number of rotatable bonds is 7. The molecule has 3 rings (SSSR count). The average Bonchev–Trinajstić information content (AvgIpc) is 2.94. The molecule has 5 heteroatoms. The summed E-state index contributed by atoms with van der Waals surface area (Å²) in [6, 6.07) is 8.07. The number of nitrogens with zero attached hydrogens (tertiary/aromatic N) is 2. The Hall–Kier alpha value is -1.10. The Bertz CT molecular complexity index is 579. The van der Waals surface area contributed by atoms with Crippen LogP contribution in [0.3, 0.4) is 0 Å². The summed E-state index contributed by atoms with van der Waals surface area (Å²) < 4.78 is 0. The number of amides is 1. The van der Waals surface area contributed by atoms with Gasteiger partial charge >= 0.3 is 0 Å². The molecule has 0 aliphatic carbocycles. The van der Waals surface area contributed by atoms with Crippen molar-refractivity contribution in [2.75, 3.05) is 39.3 Å². The number of halogens is 1. The van der Waals surface area contributed by atoms with E-state index in [1.807, 2.05) is 18.2 Å². The normalized spacial score (nSPS) is 20.3. The van der Waals surface area contributed by atoms with E-state index in [-0.39, 0.29) is 11.8 Å². The molecule has 0 spiro atoms. The van der Waals surface area contributed by atoms with Crippen molar-refractivity contribution < 1.29 is 4.79 Å². The monoisotopic (exact) mass is 391 g/mol. The molecule has 2 aliphatic heterocycles. The van der Waals surface area contributed by atoms with Crippen LogP contribution in [0.25, 0.3) is 0 Å². The van der Waals surface area contributed by atoms with Gasteiger partial charge in [0.1, 0.15) is 0 Å². The molecule has 1 aromatic carbocycles. The molecule has 1 N–H and O–H groups in total. The van der Waals surface area contributed by atoms with Gasteiger partial charge in [-0.3, -0.25) is 9.69 Å². The van der Waals surface area contributed by atoms with Gasteiger partial charge in [-0.2, -0.15) is 0 Å². The summed E-state index contributed by atoms with van der Waals surface area (Å²) in [6.07, 6.45) is 8.41. The number of hydrogen-bond acceptors (Lipinski definition) is 3. The molecule has 2 aliphatic rings. The SMILES string of the molecule is O=C(NCCCN1CCCCCC1)C1CCN(Cc2cccc(Cl)c2)CC1. The summed E-state index contributed by atoms with van der Waals surface area (Å²) >= 11 is 6.07. The largest absolute Gasteiger partial charge is 0.356 e. The fourth-order valence-electron chi connectivity index (χ4n) is 4.27. The second-order valence-electron chi connectivity index (χ2n) is 8.08. The van der Waals surface area contributed by atoms with Gasteiger partial charge in [-0.25, -0.2) is 0 Å². The highest BCUT2D eigenvalue weighted by Crippen LogP contribution is 2.20. The van der Waals surface area contributed by atoms with Crippen molar-refractivity contribution in [2.45, 2.75) is 51.5 Å². The number of piperidine rings is 1. The molecule has 2 fully saturated rings.